The maximum Gasteiger partial charge on any atom is 0.419 e. The van der Waals surface area contributed by atoms with E-state index in [9.17, 15) is 22.8 Å². The summed E-state index contributed by atoms with van der Waals surface area (Å²) in [6.07, 6.45) is -1.48. The van der Waals surface area contributed by atoms with Crippen molar-refractivity contribution >= 4 is 11.9 Å². The molecule has 1 saturated heterocycles. The number of hydrogen-bond acceptors (Lipinski definition) is 6. The third-order valence-electron chi connectivity index (χ3n) is 4.53. The second-order valence-corrected chi connectivity index (χ2v) is 6.93. The summed E-state index contributed by atoms with van der Waals surface area (Å²) < 4.78 is 39.3. The molecule has 1 aliphatic heterocycles. The van der Waals surface area contributed by atoms with E-state index in [2.05, 4.69) is 9.97 Å². The first-order chi connectivity index (χ1) is 13.6. The molecule has 0 aromatic carbocycles. The number of piperazine rings is 1. The van der Waals surface area contributed by atoms with Gasteiger partial charge in [0, 0.05) is 63.4 Å². The summed E-state index contributed by atoms with van der Waals surface area (Å²) in [6, 6.07) is 2.58. The van der Waals surface area contributed by atoms with E-state index in [1.54, 1.807) is 16.7 Å². The Balaban J connectivity index is 1.65. The molecule has 8 nitrogen and oxygen atoms in total. The third-order valence-corrected chi connectivity index (χ3v) is 4.53. The Morgan fingerprint density at radius 1 is 1.17 bits per heavy atom. The third kappa shape index (κ3) is 4.91. The van der Waals surface area contributed by atoms with Gasteiger partial charge in [-0.15, -0.1) is 0 Å². The fraction of sp³-hybridized carbons (Fsp3) is 0.444. The number of carbonyl (C=O) groups is 1. The molecule has 156 valence electrons. The molecule has 0 unspecified atom stereocenters. The lowest BCUT2D eigenvalue weighted by Crippen LogP contribution is -2.49. The number of aromatic nitrogens is 3. The van der Waals surface area contributed by atoms with Crippen molar-refractivity contribution in [1.82, 2.24) is 19.4 Å². The van der Waals surface area contributed by atoms with Gasteiger partial charge in [-0.05, 0) is 13.0 Å². The molecule has 1 fully saturated rings. The highest BCUT2D eigenvalue weighted by Crippen LogP contribution is 2.28. The minimum atomic E-state index is -4.48. The predicted molar refractivity (Wildman–Crippen MR) is 99.5 cm³/mol. The molecule has 0 spiro atoms. The zero-order valence-electron chi connectivity index (χ0n) is 15.8. The first kappa shape index (κ1) is 20.8. The van der Waals surface area contributed by atoms with E-state index in [4.69, 9.17) is 5.73 Å². The molecule has 3 rings (SSSR count). The molecule has 29 heavy (non-hydrogen) atoms. The van der Waals surface area contributed by atoms with Crippen LogP contribution >= 0.6 is 0 Å². The van der Waals surface area contributed by atoms with Crippen molar-refractivity contribution in [2.24, 2.45) is 5.73 Å². The Bertz CT molecular complexity index is 918. The highest BCUT2D eigenvalue weighted by atomic mass is 19.4. The van der Waals surface area contributed by atoms with Gasteiger partial charge in [-0.1, -0.05) is 0 Å². The summed E-state index contributed by atoms with van der Waals surface area (Å²) in [5.74, 6) is -0.0352. The molecule has 2 N–H and O–H groups in total. The number of alkyl halides is 3. The lowest BCUT2D eigenvalue weighted by Gasteiger charge is -2.34. The van der Waals surface area contributed by atoms with Crippen LogP contribution in [0.1, 0.15) is 22.8 Å². The Morgan fingerprint density at radius 3 is 2.34 bits per heavy atom. The Kier molecular flexibility index (Phi) is 5.87. The highest BCUT2D eigenvalue weighted by Gasteiger charge is 2.32. The molecule has 1 aliphatic rings. The molecule has 11 heteroatoms. The Labute approximate surface area is 164 Å². The van der Waals surface area contributed by atoms with Gasteiger partial charge in [-0.3, -0.25) is 9.59 Å². The maximum absolute atomic E-state index is 12.8. The minimum Gasteiger partial charge on any atom is -0.337 e. The number of halogens is 3. The van der Waals surface area contributed by atoms with Gasteiger partial charge in [0.15, 0.2) is 0 Å². The monoisotopic (exact) mass is 410 g/mol. The highest BCUT2D eigenvalue weighted by molar-refractivity contribution is 5.94. The molecule has 0 radical (unpaired) electrons. The zero-order chi connectivity index (χ0) is 21.2. The largest absolute Gasteiger partial charge is 0.419 e. The van der Waals surface area contributed by atoms with Crippen LogP contribution in [0.25, 0.3) is 0 Å². The summed E-state index contributed by atoms with van der Waals surface area (Å²) >= 11 is 0. The fourth-order valence-electron chi connectivity index (χ4n) is 3.03. The standard InChI is InChI=1S/C18H21F3N6O2/c1-12(22)10-27-11-13(2-3-15(27)28)16(29)25-4-6-26(7-5-25)17-23-8-14(9-24-17)18(19,20)21/h2-3,8-9,11-12H,4-7,10,22H2,1H3/t12-/m0/s1. The molecule has 2 aromatic heterocycles. The summed E-state index contributed by atoms with van der Waals surface area (Å²) in [6.45, 7) is 3.56. The zero-order valence-corrected chi connectivity index (χ0v) is 15.8. The average molecular weight is 410 g/mol. The first-order valence-corrected chi connectivity index (χ1v) is 9.04. The number of carbonyl (C=O) groups excluding carboxylic acids is 1. The van der Waals surface area contributed by atoms with Crippen molar-refractivity contribution in [3.63, 3.8) is 0 Å². The van der Waals surface area contributed by atoms with Crippen LogP contribution in [0.5, 0.6) is 0 Å². The molecule has 1 atom stereocenters. The van der Waals surface area contributed by atoms with Crippen LogP contribution in [-0.4, -0.2) is 57.6 Å². The summed E-state index contributed by atoms with van der Waals surface area (Å²) in [7, 11) is 0. The van der Waals surface area contributed by atoms with Crippen LogP contribution in [0.15, 0.2) is 35.5 Å². The van der Waals surface area contributed by atoms with Gasteiger partial charge < -0.3 is 20.1 Å². The topological polar surface area (TPSA) is 97.3 Å². The second-order valence-electron chi connectivity index (χ2n) is 6.93. The van der Waals surface area contributed by atoms with Crippen molar-refractivity contribution in [2.45, 2.75) is 25.7 Å². The van der Waals surface area contributed by atoms with E-state index in [1.165, 1.54) is 22.9 Å². The average Bonchev–Trinajstić information content (AvgIpc) is 2.68. The smallest absolute Gasteiger partial charge is 0.337 e. The number of nitrogens with zero attached hydrogens (tertiary/aromatic N) is 5. The molecular formula is C18H21F3N6O2. The second kappa shape index (κ2) is 8.19. The number of pyridine rings is 1. The lowest BCUT2D eigenvalue weighted by atomic mass is 10.2. The molecule has 3 heterocycles. The minimum absolute atomic E-state index is 0.190. The van der Waals surface area contributed by atoms with E-state index in [0.29, 0.717) is 38.3 Å². The number of hydrogen-bond donors (Lipinski definition) is 1. The van der Waals surface area contributed by atoms with Crippen LogP contribution in [0.3, 0.4) is 0 Å². The van der Waals surface area contributed by atoms with Crippen molar-refractivity contribution < 1.29 is 18.0 Å². The quantitative estimate of drug-likeness (QED) is 0.807. The van der Waals surface area contributed by atoms with Crippen LogP contribution in [-0.2, 0) is 12.7 Å². The number of anilines is 1. The van der Waals surface area contributed by atoms with E-state index in [-0.39, 0.29) is 23.5 Å². The molecule has 1 amide bonds. The fourth-order valence-corrected chi connectivity index (χ4v) is 3.03. The Morgan fingerprint density at radius 2 is 1.79 bits per heavy atom. The van der Waals surface area contributed by atoms with Crippen LogP contribution in [0.2, 0.25) is 0 Å². The van der Waals surface area contributed by atoms with Gasteiger partial charge >= 0.3 is 6.18 Å². The first-order valence-electron chi connectivity index (χ1n) is 9.04. The van der Waals surface area contributed by atoms with E-state index in [1.807, 2.05) is 0 Å². The van der Waals surface area contributed by atoms with Gasteiger partial charge in [0.05, 0.1) is 11.1 Å². The van der Waals surface area contributed by atoms with Crippen molar-refractivity contribution in [3.05, 3.63) is 52.2 Å². The predicted octanol–water partition coefficient (Wildman–Crippen LogP) is 0.967. The summed E-state index contributed by atoms with van der Waals surface area (Å²) in [4.78, 5) is 35.6. The summed E-state index contributed by atoms with van der Waals surface area (Å²) in [5, 5.41) is 0. The van der Waals surface area contributed by atoms with Crippen LogP contribution in [0.4, 0.5) is 19.1 Å². The number of amides is 1. The normalized spacial score (nSPS) is 16.0. The van der Waals surface area contributed by atoms with Gasteiger partial charge in [-0.2, -0.15) is 13.2 Å². The summed E-state index contributed by atoms with van der Waals surface area (Å²) in [5.41, 5.74) is 4.97. The molecule has 0 aliphatic carbocycles. The SMILES string of the molecule is C[C@H](N)Cn1cc(C(=O)N2CCN(c3ncc(C(F)(F)F)cn3)CC2)ccc1=O. The van der Waals surface area contributed by atoms with Crippen LogP contribution in [0, 0.1) is 0 Å². The van der Waals surface area contributed by atoms with Gasteiger partial charge in [0.2, 0.25) is 5.95 Å². The molecule has 0 bridgehead atoms. The van der Waals surface area contributed by atoms with Crippen molar-refractivity contribution in [2.75, 3.05) is 31.1 Å². The van der Waals surface area contributed by atoms with E-state index < -0.39 is 11.7 Å². The Hall–Kier alpha value is -2.95. The maximum atomic E-state index is 12.8. The van der Waals surface area contributed by atoms with Crippen molar-refractivity contribution in [3.8, 4) is 0 Å². The molecule has 2 aromatic rings. The molecule has 0 saturated carbocycles. The van der Waals surface area contributed by atoms with E-state index in [0.717, 1.165) is 12.4 Å². The number of nitrogens with two attached hydrogens (primary N) is 1. The lowest BCUT2D eigenvalue weighted by molar-refractivity contribution is -0.138. The van der Waals surface area contributed by atoms with Gasteiger partial charge in [0.1, 0.15) is 0 Å². The van der Waals surface area contributed by atoms with Crippen LogP contribution < -0.4 is 16.2 Å². The van der Waals surface area contributed by atoms with Gasteiger partial charge in [0.25, 0.3) is 11.5 Å². The van der Waals surface area contributed by atoms with Gasteiger partial charge in [-0.25, -0.2) is 9.97 Å². The van der Waals surface area contributed by atoms with Crippen molar-refractivity contribution in [1.29, 1.82) is 0 Å². The van der Waals surface area contributed by atoms with E-state index >= 15 is 0 Å². The molecular weight excluding hydrogens is 389 g/mol. The number of rotatable bonds is 4.